The van der Waals surface area contributed by atoms with Crippen LogP contribution in [0.5, 0.6) is 0 Å². The molecule has 0 saturated carbocycles. The molecule has 1 unspecified atom stereocenters. The van der Waals surface area contributed by atoms with Crippen molar-refractivity contribution in [1.82, 2.24) is 23.8 Å². The first-order chi connectivity index (χ1) is 13.3. The van der Waals surface area contributed by atoms with E-state index in [0.29, 0.717) is 31.3 Å². The van der Waals surface area contributed by atoms with Gasteiger partial charge in [0.25, 0.3) is 5.56 Å². The smallest absolute Gasteiger partial charge is 0.277 e. The van der Waals surface area contributed by atoms with Crippen molar-refractivity contribution in [3.8, 4) is 0 Å². The van der Waals surface area contributed by atoms with Gasteiger partial charge in [-0.2, -0.15) is 0 Å². The second-order valence-corrected chi connectivity index (χ2v) is 10.4. The molecular weight excluding hydrogens is 378 g/mol. The number of aromatic amines is 1. The Morgan fingerprint density at radius 1 is 1.32 bits per heavy atom. The number of H-pyrrole nitrogens is 1. The normalized spacial score (nSPS) is 22.1. The standard InChI is InChI=1S/C19H29N5O3S/c1-4-28(26,27)23-8-5-6-14(11-23)17-10-18-20-16-7-9-22(13(2)3)12-15(16)19(25)24(18)21-17/h10,13-14,21H,4-9,11-12H2,1-3H3. The first-order valence-electron chi connectivity index (χ1n) is 10.2. The van der Waals surface area contributed by atoms with Gasteiger partial charge in [0.1, 0.15) is 0 Å². The zero-order valence-corrected chi connectivity index (χ0v) is 17.6. The Hall–Kier alpha value is -1.71. The Kier molecular flexibility index (Phi) is 5.09. The molecule has 2 aliphatic heterocycles. The second kappa shape index (κ2) is 7.27. The molecule has 0 bridgehead atoms. The van der Waals surface area contributed by atoms with Crippen LogP contribution in [0.3, 0.4) is 0 Å². The molecule has 28 heavy (non-hydrogen) atoms. The molecule has 9 heteroatoms. The predicted octanol–water partition coefficient (Wildman–Crippen LogP) is 1.32. The van der Waals surface area contributed by atoms with Crippen LogP contribution in [0, 0.1) is 0 Å². The number of piperidine rings is 1. The molecule has 1 atom stereocenters. The lowest BCUT2D eigenvalue weighted by atomic mass is 9.96. The molecule has 2 aromatic heterocycles. The van der Waals surface area contributed by atoms with Crippen LogP contribution in [0.25, 0.3) is 5.65 Å². The van der Waals surface area contributed by atoms with E-state index < -0.39 is 10.0 Å². The van der Waals surface area contributed by atoms with Crippen LogP contribution in [0.4, 0.5) is 0 Å². The van der Waals surface area contributed by atoms with Crippen molar-refractivity contribution in [1.29, 1.82) is 0 Å². The Bertz CT molecular complexity index is 1040. The van der Waals surface area contributed by atoms with Gasteiger partial charge in [0.05, 0.1) is 17.0 Å². The van der Waals surface area contributed by atoms with Crippen LogP contribution in [-0.2, 0) is 23.0 Å². The third-order valence-corrected chi connectivity index (χ3v) is 7.97. The minimum Gasteiger partial charge on any atom is -0.296 e. The summed E-state index contributed by atoms with van der Waals surface area (Å²) in [5.41, 5.74) is 3.15. The largest absolute Gasteiger partial charge is 0.296 e. The summed E-state index contributed by atoms with van der Waals surface area (Å²) in [4.78, 5) is 20.1. The maximum atomic E-state index is 13.1. The molecule has 0 aromatic carbocycles. The number of nitrogens with zero attached hydrogens (tertiary/aromatic N) is 4. The zero-order chi connectivity index (χ0) is 20.1. The fraction of sp³-hybridized carbons (Fsp3) is 0.684. The van der Waals surface area contributed by atoms with Crippen molar-refractivity contribution < 1.29 is 8.42 Å². The highest BCUT2D eigenvalue weighted by molar-refractivity contribution is 7.89. The minimum atomic E-state index is -3.20. The summed E-state index contributed by atoms with van der Waals surface area (Å²) in [6.45, 7) is 8.53. The number of hydrogen-bond acceptors (Lipinski definition) is 5. The summed E-state index contributed by atoms with van der Waals surface area (Å²) in [5.74, 6) is 0.173. The van der Waals surface area contributed by atoms with E-state index in [-0.39, 0.29) is 17.2 Å². The summed E-state index contributed by atoms with van der Waals surface area (Å²) in [7, 11) is -3.20. The third-order valence-electron chi connectivity index (χ3n) is 6.12. The van der Waals surface area contributed by atoms with Crippen molar-refractivity contribution in [2.24, 2.45) is 0 Å². The van der Waals surface area contributed by atoms with Gasteiger partial charge in [-0.15, -0.1) is 0 Å². The summed E-state index contributed by atoms with van der Waals surface area (Å²) in [6.07, 6.45) is 2.51. The first-order valence-corrected chi connectivity index (χ1v) is 11.8. The number of rotatable bonds is 4. The van der Waals surface area contributed by atoms with E-state index in [2.05, 4.69) is 23.8 Å². The van der Waals surface area contributed by atoms with E-state index in [1.165, 1.54) is 4.52 Å². The number of hydrogen-bond donors (Lipinski definition) is 1. The minimum absolute atomic E-state index is 0.0366. The molecule has 4 rings (SSSR count). The van der Waals surface area contributed by atoms with Gasteiger partial charge in [-0.3, -0.25) is 14.8 Å². The van der Waals surface area contributed by atoms with Crippen molar-refractivity contribution >= 4 is 15.7 Å². The lowest BCUT2D eigenvalue weighted by molar-refractivity contribution is 0.200. The van der Waals surface area contributed by atoms with Gasteiger partial charge in [0, 0.05) is 56.3 Å². The SMILES string of the molecule is CCS(=O)(=O)N1CCCC(c2cc3nc4c(c(=O)n3[nH]2)CN(C(C)C)CC4)C1. The Morgan fingerprint density at radius 3 is 2.82 bits per heavy atom. The van der Waals surface area contributed by atoms with E-state index in [1.807, 2.05) is 6.07 Å². The Morgan fingerprint density at radius 2 is 2.11 bits per heavy atom. The molecule has 1 fully saturated rings. The summed E-state index contributed by atoms with van der Waals surface area (Å²) in [6, 6.07) is 2.31. The molecule has 0 amide bonds. The highest BCUT2D eigenvalue weighted by Crippen LogP contribution is 2.28. The van der Waals surface area contributed by atoms with Crippen LogP contribution in [0.1, 0.15) is 56.5 Å². The van der Waals surface area contributed by atoms with E-state index in [1.54, 1.807) is 11.2 Å². The Balaban J connectivity index is 1.67. The number of aromatic nitrogens is 3. The van der Waals surface area contributed by atoms with E-state index in [0.717, 1.165) is 42.8 Å². The Labute approximate surface area is 165 Å². The quantitative estimate of drug-likeness (QED) is 0.825. The first kappa shape index (κ1) is 19.6. The van der Waals surface area contributed by atoms with Gasteiger partial charge in [0.15, 0.2) is 5.65 Å². The van der Waals surface area contributed by atoms with Crippen molar-refractivity contribution in [3.63, 3.8) is 0 Å². The topological polar surface area (TPSA) is 90.8 Å². The van der Waals surface area contributed by atoms with Gasteiger partial charge in [-0.05, 0) is 33.6 Å². The molecule has 2 aliphatic rings. The van der Waals surface area contributed by atoms with Crippen LogP contribution in [0.2, 0.25) is 0 Å². The molecular formula is C19H29N5O3S. The van der Waals surface area contributed by atoms with Crippen LogP contribution < -0.4 is 5.56 Å². The summed E-state index contributed by atoms with van der Waals surface area (Å²) >= 11 is 0. The third kappa shape index (κ3) is 3.40. The molecule has 1 N–H and O–H groups in total. The van der Waals surface area contributed by atoms with E-state index in [4.69, 9.17) is 4.98 Å². The van der Waals surface area contributed by atoms with Crippen LogP contribution in [0.15, 0.2) is 10.9 Å². The maximum Gasteiger partial charge on any atom is 0.277 e. The monoisotopic (exact) mass is 407 g/mol. The molecule has 1 saturated heterocycles. The van der Waals surface area contributed by atoms with Gasteiger partial charge >= 0.3 is 0 Å². The number of fused-ring (bicyclic) bond motifs is 2. The molecule has 8 nitrogen and oxygen atoms in total. The molecule has 0 aliphatic carbocycles. The van der Waals surface area contributed by atoms with Gasteiger partial charge in [0.2, 0.25) is 10.0 Å². The van der Waals surface area contributed by atoms with Crippen LogP contribution >= 0.6 is 0 Å². The lowest BCUT2D eigenvalue weighted by Gasteiger charge is -2.31. The predicted molar refractivity (Wildman–Crippen MR) is 108 cm³/mol. The number of sulfonamides is 1. The van der Waals surface area contributed by atoms with E-state index >= 15 is 0 Å². The average molecular weight is 408 g/mol. The summed E-state index contributed by atoms with van der Waals surface area (Å²) < 4.78 is 27.6. The number of nitrogens with one attached hydrogen (secondary N) is 1. The highest BCUT2D eigenvalue weighted by Gasteiger charge is 2.30. The molecule has 0 spiro atoms. The van der Waals surface area contributed by atoms with E-state index in [9.17, 15) is 13.2 Å². The zero-order valence-electron chi connectivity index (χ0n) is 16.8. The molecule has 154 valence electrons. The van der Waals surface area contributed by atoms with Crippen molar-refractivity contribution in [2.75, 3.05) is 25.4 Å². The van der Waals surface area contributed by atoms with Crippen LogP contribution in [-0.4, -0.2) is 63.6 Å². The highest BCUT2D eigenvalue weighted by atomic mass is 32.2. The molecule has 0 radical (unpaired) electrons. The molecule has 2 aromatic rings. The lowest BCUT2D eigenvalue weighted by Crippen LogP contribution is -2.40. The van der Waals surface area contributed by atoms with Gasteiger partial charge in [-0.25, -0.2) is 22.2 Å². The molecule has 4 heterocycles. The maximum absolute atomic E-state index is 13.1. The second-order valence-electron chi connectivity index (χ2n) is 8.16. The average Bonchev–Trinajstić information content (AvgIpc) is 3.12. The van der Waals surface area contributed by atoms with Gasteiger partial charge < -0.3 is 0 Å². The van der Waals surface area contributed by atoms with Crippen molar-refractivity contribution in [2.45, 2.75) is 58.5 Å². The van der Waals surface area contributed by atoms with Crippen molar-refractivity contribution in [3.05, 3.63) is 33.4 Å². The summed E-state index contributed by atoms with van der Waals surface area (Å²) in [5, 5.41) is 3.22. The fourth-order valence-corrected chi connectivity index (χ4v) is 5.48. The fourth-order valence-electron chi connectivity index (χ4n) is 4.30. The van der Waals surface area contributed by atoms with Gasteiger partial charge in [-0.1, -0.05) is 0 Å².